The van der Waals surface area contributed by atoms with Gasteiger partial charge in [-0.15, -0.1) is 0 Å². The number of benzene rings is 2. The lowest BCUT2D eigenvalue weighted by molar-refractivity contribution is -0.141. The van der Waals surface area contributed by atoms with E-state index in [1.807, 2.05) is 6.07 Å². The monoisotopic (exact) mass is 529 g/mol. The molecule has 1 N–H and O–H groups in total. The molecule has 1 aliphatic heterocycles. The van der Waals surface area contributed by atoms with Gasteiger partial charge in [0.2, 0.25) is 0 Å². The van der Waals surface area contributed by atoms with Gasteiger partial charge in [-0.2, -0.15) is 23.5 Å². The zero-order valence-corrected chi connectivity index (χ0v) is 20.7. The summed E-state index contributed by atoms with van der Waals surface area (Å²) in [6, 6.07) is 10.6. The highest BCUT2D eigenvalue weighted by Gasteiger charge is 2.36. The van der Waals surface area contributed by atoms with Crippen molar-refractivity contribution in [2.75, 3.05) is 11.9 Å². The van der Waals surface area contributed by atoms with E-state index in [4.69, 9.17) is 10.00 Å². The van der Waals surface area contributed by atoms with Gasteiger partial charge in [-0.3, -0.25) is 4.79 Å². The van der Waals surface area contributed by atoms with E-state index in [2.05, 4.69) is 10.4 Å². The van der Waals surface area contributed by atoms with Crippen LogP contribution in [0.4, 0.5) is 28.0 Å². The van der Waals surface area contributed by atoms with Crippen LogP contribution in [-0.2, 0) is 23.9 Å². The summed E-state index contributed by atoms with van der Waals surface area (Å²) in [6.07, 6.45) is -5.02. The van der Waals surface area contributed by atoms with Crippen LogP contribution in [0.3, 0.4) is 0 Å². The Balaban J connectivity index is 1.62. The van der Waals surface area contributed by atoms with Crippen LogP contribution in [0.5, 0.6) is 0 Å². The van der Waals surface area contributed by atoms with Crippen LogP contribution < -0.4 is 5.32 Å². The first-order chi connectivity index (χ1) is 17.7. The number of carbonyl (C=O) groups excluding carboxylic acids is 2. The number of amides is 2. The zero-order chi connectivity index (χ0) is 27.8. The number of hydrogen-bond acceptors (Lipinski definition) is 5. The number of nitrogens with one attached hydrogen (secondary N) is 1. The second kappa shape index (κ2) is 9.81. The van der Waals surface area contributed by atoms with Crippen LogP contribution >= 0.6 is 0 Å². The maximum atomic E-state index is 15.0. The van der Waals surface area contributed by atoms with E-state index < -0.39 is 41.0 Å². The number of ether oxygens (including phenoxy) is 1. The molecule has 1 aromatic heterocycles. The van der Waals surface area contributed by atoms with Crippen molar-refractivity contribution in [3.8, 4) is 11.8 Å². The molecule has 0 radical (unpaired) electrons. The van der Waals surface area contributed by atoms with E-state index in [-0.39, 0.29) is 23.5 Å². The first-order valence-electron chi connectivity index (χ1n) is 11.5. The predicted molar refractivity (Wildman–Crippen MR) is 128 cm³/mol. The summed E-state index contributed by atoms with van der Waals surface area (Å²) in [5, 5.41) is 15.0. The van der Waals surface area contributed by atoms with Crippen LogP contribution in [-0.4, -0.2) is 38.8 Å². The Morgan fingerprint density at radius 1 is 1.11 bits per heavy atom. The largest absolute Gasteiger partial charge is 0.444 e. The first kappa shape index (κ1) is 26.7. The predicted octanol–water partition coefficient (Wildman–Crippen LogP) is 5.45. The maximum absolute atomic E-state index is 15.0. The molecule has 8 nitrogen and oxygen atoms in total. The van der Waals surface area contributed by atoms with E-state index in [0.717, 1.165) is 4.68 Å². The number of anilines is 1. The Labute approximate surface area is 215 Å². The summed E-state index contributed by atoms with van der Waals surface area (Å²) in [5.41, 5.74) is -1.34. The molecule has 2 aromatic carbocycles. The Kier molecular flexibility index (Phi) is 6.88. The van der Waals surface area contributed by atoms with Gasteiger partial charge in [0, 0.05) is 19.2 Å². The number of carbonyl (C=O) groups is 2. The van der Waals surface area contributed by atoms with Crippen molar-refractivity contribution in [2.45, 2.75) is 45.5 Å². The van der Waals surface area contributed by atoms with Crippen molar-refractivity contribution < 1.29 is 31.9 Å². The smallest absolute Gasteiger partial charge is 0.435 e. The van der Waals surface area contributed by atoms with Crippen molar-refractivity contribution in [1.29, 1.82) is 5.26 Å². The molecular weight excluding hydrogens is 506 g/mol. The molecule has 4 rings (SSSR count). The van der Waals surface area contributed by atoms with Gasteiger partial charge in [0.1, 0.15) is 17.1 Å². The molecule has 0 atom stereocenters. The second-order valence-electron chi connectivity index (χ2n) is 9.69. The molecule has 1 aliphatic rings. The second-order valence-corrected chi connectivity index (χ2v) is 9.69. The lowest BCUT2D eigenvalue weighted by Gasteiger charge is -2.31. The van der Waals surface area contributed by atoms with Crippen molar-refractivity contribution in [3.63, 3.8) is 0 Å². The number of halogens is 4. The maximum Gasteiger partial charge on any atom is 0.435 e. The quantitative estimate of drug-likeness (QED) is 0.455. The third-order valence-corrected chi connectivity index (χ3v) is 5.65. The molecule has 0 spiro atoms. The Morgan fingerprint density at radius 3 is 2.50 bits per heavy atom. The standard InChI is InChI=1S/C26H23F4N5O3/c1-25(2,3)38-24(37)34-8-7-16-11-20(19(27)10-17(16)14-34)32-23(36)21-12-22(26(28,29)30)33-35(21)18-6-4-5-15(9-18)13-31/h4-6,9-12H,7-8,14H2,1-3H3,(H,32,36). The summed E-state index contributed by atoms with van der Waals surface area (Å²) >= 11 is 0. The molecule has 0 unspecified atom stereocenters. The Bertz CT molecular complexity index is 1450. The van der Waals surface area contributed by atoms with Gasteiger partial charge >= 0.3 is 12.3 Å². The normalized spacial score (nSPS) is 13.5. The highest BCUT2D eigenvalue weighted by atomic mass is 19.4. The Morgan fingerprint density at radius 2 is 1.84 bits per heavy atom. The fourth-order valence-electron chi connectivity index (χ4n) is 3.93. The van der Waals surface area contributed by atoms with Gasteiger partial charge in [0.25, 0.3) is 5.91 Å². The van der Waals surface area contributed by atoms with Crippen LogP contribution in [0.1, 0.15) is 53.6 Å². The summed E-state index contributed by atoms with van der Waals surface area (Å²) in [7, 11) is 0. The van der Waals surface area contributed by atoms with Crippen molar-refractivity contribution >= 4 is 17.7 Å². The molecular formula is C26H23F4N5O3. The number of nitriles is 1. The number of rotatable bonds is 3. The molecule has 0 aliphatic carbocycles. The number of hydrogen-bond donors (Lipinski definition) is 1. The van der Waals surface area contributed by atoms with Gasteiger partial charge in [-0.05, 0) is 68.7 Å². The molecule has 3 aromatic rings. The van der Waals surface area contributed by atoms with Crippen LogP contribution in [0.2, 0.25) is 0 Å². The van der Waals surface area contributed by atoms with Gasteiger partial charge in [0.15, 0.2) is 5.69 Å². The summed E-state index contributed by atoms with van der Waals surface area (Å²) in [4.78, 5) is 26.9. The third-order valence-electron chi connectivity index (χ3n) is 5.65. The molecule has 2 heterocycles. The third kappa shape index (κ3) is 5.77. The van der Waals surface area contributed by atoms with Crippen LogP contribution in [0, 0.1) is 17.1 Å². The van der Waals surface area contributed by atoms with Crippen LogP contribution in [0.15, 0.2) is 42.5 Å². The topological polar surface area (TPSA) is 100 Å². The minimum absolute atomic E-state index is 0.0536. The molecule has 38 heavy (non-hydrogen) atoms. The molecule has 0 saturated carbocycles. The fraction of sp³-hybridized carbons (Fsp3) is 0.308. The average molecular weight is 529 g/mol. The zero-order valence-electron chi connectivity index (χ0n) is 20.7. The average Bonchev–Trinajstić information content (AvgIpc) is 3.30. The van der Waals surface area contributed by atoms with Crippen LogP contribution in [0.25, 0.3) is 5.69 Å². The van der Waals surface area contributed by atoms with Gasteiger partial charge in [0.05, 0.1) is 23.0 Å². The lowest BCUT2D eigenvalue weighted by Crippen LogP contribution is -2.40. The molecule has 0 bridgehead atoms. The number of fused-ring (bicyclic) bond motifs is 1. The molecule has 0 saturated heterocycles. The van der Waals surface area contributed by atoms with E-state index in [1.165, 1.54) is 41.3 Å². The molecule has 198 valence electrons. The lowest BCUT2D eigenvalue weighted by atomic mass is 9.99. The van der Waals surface area contributed by atoms with Crippen molar-refractivity contribution in [2.24, 2.45) is 0 Å². The highest BCUT2D eigenvalue weighted by Crippen LogP contribution is 2.31. The van der Waals surface area contributed by atoms with Crippen molar-refractivity contribution in [1.82, 2.24) is 14.7 Å². The molecule has 0 fully saturated rings. The highest BCUT2D eigenvalue weighted by molar-refractivity contribution is 6.03. The molecule has 2 amide bonds. The van der Waals surface area contributed by atoms with E-state index in [0.29, 0.717) is 30.2 Å². The van der Waals surface area contributed by atoms with Gasteiger partial charge < -0.3 is 15.0 Å². The number of aromatic nitrogens is 2. The minimum atomic E-state index is -4.84. The number of nitrogens with zero attached hydrogens (tertiary/aromatic N) is 4. The minimum Gasteiger partial charge on any atom is -0.444 e. The van der Waals surface area contributed by atoms with E-state index in [1.54, 1.807) is 20.8 Å². The molecule has 12 heteroatoms. The van der Waals surface area contributed by atoms with E-state index >= 15 is 0 Å². The van der Waals surface area contributed by atoms with Gasteiger partial charge in [-0.25, -0.2) is 13.9 Å². The first-order valence-corrected chi connectivity index (χ1v) is 11.5. The number of alkyl halides is 3. The van der Waals surface area contributed by atoms with Crippen molar-refractivity contribution in [3.05, 3.63) is 76.4 Å². The summed E-state index contributed by atoms with van der Waals surface area (Å²) < 4.78 is 61.3. The van der Waals surface area contributed by atoms with E-state index in [9.17, 15) is 27.2 Å². The Hall–Kier alpha value is -4.40. The fourth-order valence-corrected chi connectivity index (χ4v) is 3.93. The summed E-state index contributed by atoms with van der Waals surface area (Å²) in [5.74, 6) is -1.85. The summed E-state index contributed by atoms with van der Waals surface area (Å²) in [6.45, 7) is 5.62. The van der Waals surface area contributed by atoms with Gasteiger partial charge in [-0.1, -0.05) is 6.07 Å². The SMILES string of the molecule is CC(C)(C)OC(=O)N1CCc2cc(NC(=O)c3cc(C(F)(F)F)nn3-c3cccc(C#N)c3)c(F)cc2C1.